The van der Waals surface area contributed by atoms with Gasteiger partial charge in [-0.15, -0.1) is 4.68 Å². The van der Waals surface area contributed by atoms with Gasteiger partial charge < -0.3 is 4.74 Å². The van der Waals surface area contributed by atoms with E-state index < -0.39 is 17.5 Å². The number of aromatic nitrogens is 3. The second kappa shape index (κ2) is 4.82. The molecule has 16 heavy (non-hydrogen) atoms. The monoisotopic (exact) mass is 229 g/mol. The van der Waals surface area contributed by atoms with Crippen molar-refractivity contribution in [1.82, 2.24) is 13.9 Å². The van der Waals surface area contributed by atoms with Crippen LogP contribution in [0.25, 0.3) is 0 Å². The lowest BCUT2D eigenvalue weighted by atomic mass is 10.7. The lowest BCUT2D eigenvalue weighted by molar-refractivity contribution is 0.144. The molecule has 0 aliphatic carbocycles. The summed E-state index contributed by atoms with van der Waals surface area (Å²) in [6, 6.07) is 0. The first-order chi connectivity index (χ1) is 7.58. The van der Waals surface area contributed by atoms with Crippen LogP contribution in [0.4, 0.5) is 4.79 Å². The lowest BCUT2D eigenvalue weighted by Gasteiger charge is -2.04. The summed E-state index contributed by atoms with van der Waals surface area (Å²) >= 11 is 0. The molecule has 7 heteroatoms. The van der Waals surface area contributed by atoms with E-state index >= 15 is 0 Å². The summed E-state index contributed by atoms with van der Waals surface area (Å²) < 4.78 is 7.49. The van der Waals surface area contributed by atoms with Crippen molar-refractivity contribution >= 4 is 6.09 Å². The molecule has 0 spiro atoms. The molecular weight excluding hydrogens is 214 g/mol. The highest BCUT2D eigenvalue weighted by atomic mass is 16.6. The second-order valence-corrected chi connectivity index (χ2v) is 3.04. The van der Waals surface area contributed by atoms with E-state index in [9.17, 15) is 14.4 Å². The summed E-state index contributed by atoms with van der Waals surface area (Å²) in [6.45, 7) is 5.59. The van der Waals surface area contributed by atoms with E-state index in [1.165, 1.54) is 0 Å². The molecule has 0 saturated carbocycles. The van der Waals surface area contributed by atoms with Crippen molar-refractivity contribution in [2.75, 3.05) is 6.61 Å². The summed E-state index contributed by atoms with van der Waals surface area (Å²) in [7, 11) is 0. The Labute approximate surface area is 91.8 Å². The van der Waals surface area contributed by atoms with Gasteiger partial charge in [0.15, 0.2) is 0 Å². The molecule has 0 aliphatic heterocycles. The number of hydrogen-bond donors (Lipinski definition) is 0. The highest BCUT2D eigenvalue weighted by Gasteiger charge is 2.19. The van der Waals surface area contributed by atoms with Crippen LogP contribution in [-0.2, 0) is 17.8 Å². The van der Waals surface area contributed by atoms with E-state index in [1.54, 1.807) is 20.8 Å². The summed E-state index contributed by atoms with van der Waals surface area (Å²) in [5, 5.41) is 0. The second-order valence-electron chi connectivity index (χ2n) is 3.04. The highest BCUT2D eigenvalue weighted by molar-refractivity contribution is 5.68. The van der Waals surface area contributed by atoms with Crippen LogP contribution in [0.5, 0.6) is 0 Å². The van der Waals surface area contributed by atoms with Crippen molar-refractivity contribution in [1.29, 1.82) is 0 Å². The van der Waals surface area contributed by atoms with Crippen molar-refractivity contribution in [3.8, 4) is 0 Å². The molecule has 0 amide bonds. The Morgan fingerprint density at radius 3 is 2.19 bits per heavy atom. The molecule has 0 bridgehead atoms. The summed E-state index contributed by atoms with van der Waals surface area (Å²) in [5.41, 5.74) is -1.16. The molecule has 0 aliphatic rings. The Morgan fingerprint density at radius 2 is 1.75 bits per heavy atom. The molecule has 1 rings (SSSR count). The van der Waals surface area contributed by atoms with Crippen molar-refractivity contribution in [2.24, 2.45) is 0 Å². The minimum absolute atomic E-state index is 0.153. The third-order valence-electron chi connectivity index (χ3n) is 2.16. The van der Waals surface area contributed by atoms with E-state index in [0.717, 1.165) is 13.9 Å². The summed E-state index contributed by atoms with van der Waals surface area (Å²) in [4.78, 5) is 34.9. The van der Waals surface area contributed by atoms with Crippen molar-refractivity contribution in [3.63, 3.8) is 0 Å². The Bertz CT molecular complexity index is 494. The van der Waals surface area contributed by atoms with Gasteiger partial charge in [-0.3, -0.25) is 0 Å². The maximum Gasteiger partial charge on any atom is 0.437 e. The maximum atomic E-state index is 11.7. The number of rotatable bonds is 3. The minimum Gasteiger partial charge on any atom is -0.448 e. The standard InChI is InChI=1S/C9H15N3O4/c1-4-10-7(13)11(5-2)12(8(10)14)9(15)16-6-3/h4-6H2,1-3H3. The zero-order valence-electron chi connectivity index (χ0n) is 9.60. The minimum atomic E-state index is -0.821. The van der Waals surface area contributed by atoms with Gasteiger partial charge in [0, 0.05) is 13.1 Å². The van der Waals surface area contributed by atoms with Gasteiger partial charge in [-0.25, -0.2) is 23.6 Å². The van der Waals surface area contributed by atoms with Crippen LogP contribution >= 0.6 is 0 Å². The van der Waals surface area contributed by atoms with Crippen LogP contribution < -0.4 is 11.4 Å². The van der Waals surface area contributed by atoms with Crippen LogP contribution in [0.3, 0.4) is 0 Å². The molecule has 0 unspecified atom stereocenters. The van der Waals surface area contributed by atoms with Crippen LogP contribution in [0.15, 0.2) is 9.59 Å². The van der Waals surface area contributed by atoms with E-state index in [4.69, 9.17) is 4.74 Å². The molecule has 1 heterocycles. The van der Waals surface area contributed by atoms with Crippen LogP contribution in [0.2, 0.25) is 0 Å². The lowest BCUT2D eigenvalue weighted by Crippen LogP contribution is -2.33. The molecule has 0 atom stereocenters. The van der Waals surface area contributed by atoms with Gasteiger partial charge in [0.25, 0.3) is 0 Å². The van der Waals surface area contributed by atoms with Crippen LogP contribution in [0.1, 0.15) is 20.8 Å². The third kappa shape index (κ3) is 1.80. The zero-order valence-corrected chi connectivity index (χ0v) is 9.60. The predicted molar refractivity (Wildman–Crippen MR) is 56.7 cm³/mol. The number of carbonyl (C=O) groups excluding carboxylic acids is 1. The molecule has 1 aromatic heterocycles. The van der Waals surface area contributed by atoms with E-state index in [1.807, 2.05) is 0 Å². The maximum absolute atomic E-state index is 11.7. The topological polar surface area (TPSA) is 75.2 Å². The highest BCUT2D eigenvalue weighted by Crippen LogP contribution is 1.87. The van der Waals surface area contributed by atoms with Gasteiger partial charge in [0.1, 0.15) is 0 Å². The first-order valence-corrected chi connectivity index (χ1v) is 5.18. The van der Waals surface area contributed by atoms with Gasteiger partial charge in [-0.05, 0) is 20.8 Å². The van der Waals surface area contributed by atoms with Crippen LogP contribution in [-0.4, -0.2) is 26.6 Å². The molecule has 0 N–H and O–H groups in total. The Morgan fingerprint density at radius 1 is 1.12 bits per heavy atom. The molecular formula is C9H15N3O4. The molecule has 7 nitrogen and oxygen atoms in total. The Kier molecular flexibility index (Phi) is 3.70. The normalized spacial score (nSPS) is 10.4. The molecule has 0 fully saturated rings. The van der Waals surface area contributed by atoms with Crippen molar-refractivity contribution in [2.45, 2.75) is 33.9 Å². The molecule has 0 radical (unpaired) electrons. The average molecular weight is 229 g/mol. The first-order valence-electron chi connectivity index (χ1n) is 5.18. The number of hydrogen-bond acceptors (Lipinski definition) is 4. The van der Waals surface area contributed by atoms with E-state index in [-0.39, 0.29) is 19.7 Å². The molecule has 1 aromatic rings. The van der Waals surface area contributed by atoms with E-state index in [2.05, 4.69) is 0 Å². The Balaban J connectivity index is 3.44. The van der Waals surface area contributed by atoms with E-state index in [0.29, 0.717) is 0 Å². The zero-order chi connectivity index (χ0) is 12.3. The van der Waals surface area contributed by atoms with Gasteiger partial charge >= 0.3 is 17.5 Å². The fourth-order valence-corrected chi connectivity index (χ4v) is 1.43. The fourth-order valence-electron chi connectivity index (χ4n) is 1.43. The molecule has 0 aromatic carbocycles. The fraction of sp³-hybridized carbons (Fsp3) is 0.667. The smallest absolute Gasteiger partial charge is 0.437 e. The van der Waals surface area contributed by atoms with Gasteiger partial charge in [-0.1, -0.05) is 0 Å². The van der Waals surface area contributed by atoms with Crippen molar-refractivity contribution in [3.05, 3.63) is 21.0 Å². The third-order valence-corrected chi connectivity index (χ3v) is 2.16. The number of carbonyl (C=O) groups is 1. The van der Waals surface area contributed by atoms with Crippen molar-refractivity contribution < 1.29 is 9.53 Å². The molecule has 90 valence electrons. The first kappa shape index (κ1) is 12.3. The number of nitrogens with zero attached hydrogens (tertiary/aromatic N) is 3. The SMILES string of the molecule is CCOC(=O)n1c(=O)n(CC)c(=O)n1CC. The largest absolute Gasteiger partial charge is 0.448 e. The summed E-state index contributed by atoms with van der Waals surface area (Å²) in [5.74, 6) is 0. The number of ether oxygens (including phenoxy) is 1. The molecule has 0 saturated heterocycles. The van der Waals surface area contributed by atoms with Gasteiger partial charge in [0.2, 0.25) is 0 Å². The average Bonchev–Trinajstić information content (AvgIpc) is 2.49. The van der Waals surface area contributed by atoms with Crippen LogP contribution in [0, 0.1) is 0 Å². The Hall–Kier alpha value is -1.79. The summed E-state index contributed by atoms with van der Waals surface area (Å²) in [6.07, 6.45) is -0.821. The predicted octanol–water partition coefficient (Wildman–Crippen LogP) is -0.144. The van der Waals surface area contributed by atoms with Gasteiger partial charge in [-0.2, -0.15) is 0 Å². The van der Waals surface area contributed by atoms with Gasteiger partial charge in [0.05, 0.1) is 6.61 Å². The quantitative estimate of drug-likeness (QED) is 0.722.